The Bertz CT molecular complexity index is 70.1. The maximum atomic E-state index is 9.00. The summed E-state index contributed by atoms with van der Waals surface area (Å²) < 4.78 is 4.83. The van der Waals surface area contributed by atoms with Crippen molar-refractivity contribution in [2.24, 2.45) is 0 Å². The summed E-state index contributed by atoms with van der Waals surface area (Å²) >= 11 is 0. The van der Waals surface area contributed by atoms with E-state index in [0.717, 1.165) is 20.1 Å². The van der Waals surface area contributed by atoms with E-state index in [1.807, 2.05) is 13.8 Å². The molecule has 0 aliphatic rings. The third-order valence-corrected chi connectivity index (χ3v) is 0.408. The van der Waals surface area contributed by atoms with E-state index in [2.05, 4.69) is 0 Å². The fourth-order valence-electron chi connectivity index (χ4n) is 0.204. The van der Waals surface area contributed by atoms with Gasteiger partial charge in [0.15, 0.2) is 0 Å². The molecule has 0 spiro atoms. The van der Waals surface area contributed by atoms with E-state index in [-0.39, 0.29) is 22.5 Å². The highest BCUT2D eigenvalue weighted by atomic mass is 19.0. The smallest absolute Gasteiger partial charge is 0.300 e. The van der Waals surface area contributed by atoms with Crippen molar-refractivity contribution in [2.45, 2.75) is 20.8 Å². The van der Waals surface area contributed by atoms with Gasteiger partial charge in [-0.05, 0) is 13.8 Å². The third-order valence-electron chi connectivity index (χ3n) is 0.408. The normalized spacial score (nSPS) is 5.15. The summed E-state index contributed by atoms with van der Waals surface area (Å²) in [6.45, 7) is 6.75. The monoisotopic (exact) mass is 205 g/mol. The number of aliphatic carboxylic acids is 1. The maximum Gasteiger partial charge on any atom is 0.300 e. The molecule has 7 heteroatoms. The van der Waals surface area contributed by atoms with Gasteiger partial charge < -0.3 is 9.84 Å². The van der Waals surface area contributed by atoms with Crippen LogP contribution in [0.3, 0.4) is 0 Å². The van der Waals surface area contributed by atoms with Crippen LogP contribution in [0.25, 0.3) is 0 Å². The molecule has 0 fully saturated rings. The van der Waals surface area contributed by atoms with E-state index < -0.39 is 5.97 Å². The van der Waals surface area contributed by atoms with Gasteiger partial charge in [0.05, 0.1) is 0 Å². The van der Waals surface area contributed by atoms with Gasteiger partial charge in [-0.3, -0.25) is 18.9 Å². The molecule has 0 aromatic rings. The Hall–Kier alpha value is -0.715. The van der Waals surface area contributed by atoms with Crippen LogP contribution < -0.4 is 0 Å². The van der Waals surface area contributed by atoms with Gasteiger partial charge in [0, 0.05) is 28.6 Å². The number of rotatable bonds is 2. The van der Waals surface area contributed by atoms with Crippen molar-refractivity contribution < 1.29 is 28.8 Å². The van der Waals surface area contributed by atoms with E-state index in [0.29, 0.717) is 0 Å². The van der Waals surface area contributed by atoms with Crippen molar-refractivity contribution in [3.8, 4) is 0 Å². The molecule has 0 aromatic carbocycles. The Kier molecular flexibility index (Phi) is 130. The maximum absolute atomic E-state index is 9.00. The van der Waals surface area contributed by atoms with Crippen LogP contribution in [0, 0.1) is 0 Å². The summed E-state index contributed by atoms with van der Waals surface area (Å²) in [6, 6.07) is 0. The summed E-state index contributed by atoms with van der Waals surface area (Å²) in [5.41, 5.74) is 0. The van der Waals surface area contributed by atoms with E-state index in [1.54, 1.807) is 0 Å². The fraction of sp³-hybridized carbons (Fsp3) is 0.833. The largest absolute Gasteiger partial charge is 0.481 e. The highest BCUT2D eigenvalue weighted by molar-refractivity contribution is 5.75. The van der Waals surface area contributed by atoms with Crippen LogP contribution in [0.2, 0.25) is 0 Å². The minimum atomic E-state index is -0.833. The predicted molar refractivity (Wildman–Crippen MR) is 48.7 cm³/mol. The van der Waals surface area contributed by atoms with Crippen molar-refractivity contribution in [1.82, 2.24) is 0 Å². The number of halogens is 3. The number of hydrogen-bond donors (Lipinski definition) is 1. The lowest BCUT2D eigenvalue weighted by Gasteiger charge is -1.86. The first-order chi connectivity index (χ1) is 4.15. The first-order valence-electron chi connectivity index (χ1n) is 2.92. The highest BCUT2D eigenvalue weighted by Gasteiger charge is 1.65. The lowest BCUT2D eigenvalue weighted by molar-refractivity contribution is -0.134. The minimum Gasteiger partial charge on any atom is -0.481 e. The van der Waals surface area contributed by atoms with Gasteiger partial charge in [-0.1, -0.05) is 0 Å². The third kappa shape index (κ3) is 589. The fourth-order valence-corrected chi connectivity index (χ4v) is 0.204. The first kappa shape index (κ1) is 39.6. The zero-order valence-electron chi connectivity index (χ0n) is 7.98. The standard InChI is InChI=1S/C4H10O.C2H4O2.B.3FH/c1-3-5-4-2;1-2(3)4;;;;/h3-4H2,1-2H3;1H3,(H,3,4);;3*1H. The number of carboxylic acids is 1. The highest BCUT2D eigenvalue weighted by Crippen LogP contribution is 1.64. The van der Waals surface area contributed by atoms with Gasteiger partial charge in [0.1, 0.15) is 0 Å². The number of hydrogen-bond acceptors (Lipinski definition) is 2. The van der Waals surface area contributed by atoms with Gasteiger partial charge in [0.25, 0.3) is 5.97 Å². The number of carboxylic acid groups (broad SMARTS) is 1. The predicted octanol–water partition coefficient (Wildman–Crippen LogP) is 1.21. The summed E-state index contributed by atoms with van der Waals surface area (Å²) in [7, 11) is 0. The van der Waals surface area contributed by atoms with Crippen molar-refractivity contribution in [3.05, 3.63) is 0 Å². The molecule has 0 aliphatic heterocycles. The number of ether oxygens (including phenoxy) is 1. The van der Waals surface area contributed by atoms with Crippen molar-refractivity contribution in [1.29, 1.82) is 0 Å². The molecule has 0 heterocycles. The summed E-state index contributed by atoms with van der Waals surface area (Å²) in [5.74, 6) is -0.833. The molecular weight excluding hydrogens is 188 g/mol. The van der Waals surface area contributed by atoms with Gasteiger partial charge in [-0.2, -0.15) is 0 Å². The zero-order valence-corrected chi connectivity index (χ0v) is 7.98. The molecule has 83 valence electrons. The minimum absolute atomic E-state index is 0. The Morgan fingerprint density at radius 3 is 1.31 bits per heavy atom. The molecule has 0 bridgehead atoms. The van der Waals surface area contributed by atoms with E-state index in [9.17, 15) is 0 Å². The molecule has 0 atom stereocenters. The van der Waals surface area contributed by atoms with Crippen molar-refractivity contribution >= 4 is 14.4 Å². The van der Waals surface area contributed by atoms with Crippen LogP contribution in [-0.4, -0.2) is 32.7 Å². The molecule has 0 unspecified atom stereocenters. The second-order valence-electron chi connectivity index (χ2n) is 1.30. The van der Waals surface area contributed by atoms with Crippen LogP contribution in [0.15, 0.2) is 0 Å². The Labute approximate surface area is 78.1 Å². The van der Waals surface area contributed by atoms with E-state index >= 15 is 0 Å². The van der Waals surface area contributed by atoms with Gasteiger partial charge in [0.2, 0.25) is 0 Å². The summed E-state index contributed by atoms with van der Waals surface area (Å²) in [6.07, 6.45) is 0. The van der Waals surface area contributed by atoms with Crippen molar-refractivity contribution in [3.63, 3.8) is 0 Å². The molecule has 13 heavy (non-hydrogen) atoms. The first-order valence-corrected chi connectivity index (χ1v) is 2.92. The van der Waals surface area contributed by atoms with E-state index in [4.69, 9.17) is 14.6 Å². The molecule has 3 nitrogen and oxygen atoms in total. The molecule has 3 radical (unpaired) electrons. The summed E-state index contributed by atoms with van der Waals surface area (Å²) in [4.78, 5) is 9.00. The van der Waals surface area contributed by atoms with Gasteiger partial charge >= 0.3 is 0 Å². The zero-order chi connectivity index (χ0) is 7.70. The van der Waals surface area contributed by atoms with Crippen molar-refractivity contribution in [2.75, 3.05) is 13.2 Å². The molecule has 0 aromatic heterocycles. The molecular formula is C6H17BF3O3. The molecule has 1 N–H and O–H groups in total. The van der Waals surface area contributed by atoms with Crippen LogP contribution in [0.5, 0.6) is 0 Å². The lowest BCUT2D eigenvalue weighted by Crippen LogP contribution is -1.84. The molecule has 0 aliphatic carbocycles. The molecule has 0 amide bonds. The number of carbonyl (C=O) groups is 1. The van der Waals surface area contributed by atoms with Crippen LogP contribution in [0.1, 0.15) is 20.8 Å². The van der Waals surface area contributed by atoms with Crippen LogP contribution in [0.4, 0.5) is 14.1 Å². The lowest BCUT2D eigenvalue weighted by atomic mass is 10.8. The molecule has 0 saturated carbocycles. The van der Waals surface area contributed by atoms with E-state index in [1.165, 1.54) is 0 Å². The second-order valence-corrected chi connectivity index (χ2v) is 1.30. The Morgan fingerprint density at radius 2 is 1.31 bits per heavy atom. The topological polar surface area (TPSA) is 46.5 Å². The van der Waals surface area contributed by atoms with Crippen LogP contribution in [-0.2, 0) is 9.53 Å². The van der Waals surface area contributed by atoms with Gasteiger partial charge in [-0.25, -0.2) is 0 Å². The quantitative estimate of drug-likeness (QED) is 0.689. The van der Waals surface area contributed by atoms with Gasteiger partial charge in [-0.15, -0.1) is 0 Å². The average Bonchev–Trinajstić information content (AvgIpc) is 1.66. The Balaban J connectivity index is -0.0000000146. The molecule has 0 saturated heterocycles. The molecule has 0 rings (SSSR count). The second kappa shape index (κ2) is 42.7. The summed E-state index contributed by atoms with van der Waals surface area (Å²) in [5, 5.41) is 7.42. The SMILES string of the molecule is CC(=O)O.CCOCC.F.F.F.[B]. The van der Waals surface area contributed by atoms with Crippen LogP contribution >= 0.6 is 0 Å². The average molecular weight is 205 g/mol. The Morgan fingerprint density at radius 1 is 1.15 bits per heavy atom.